The minimum absolute atomic E-state index is 1.24. The molecule has 0 aliphatic carbocycles. The Kier molecular flexibility index (Phi) is 45.2. The quantitative estimate of drug-likeness (QED) is 0.0364. The zero-order valence-corrected chi connectivity index (χ0v) is 37.0. The van der Waals surface area contributed by atoms with Gasteiger partial charge in [0.05, 0.1) is 66.3 Å². The van der Waals surface area contributed by atoms with Crippen molar-refractivity contribution in [3.63, 3.8) is 0 Å². The first kappa shape index (κ1) is 55.2. The lowest BCUT2D eigenvalue weighted by Gasteiger charge is -2.30. The van der Waals surface area contributed by atoms with Crippen LogP contribution in [0.15, 0.2) is 0 Å². The Bertz CT molecular complexity index is 621. The largest absolute Gasteiger partial charge is 0.543 e. The van der Waals surface area contributed by atoms with Gasteiger partial charge < -0.3 is 28.8 Å². The second kappa shape index (κ2) is 42.6. The van der Waals surface area contributed by atoms with Crippen molar-refractivity contribution in [2.24, 2.45) is 0 Å². The molecule has 0 amide bonds. The number of carboxylic acid groups (broad SMARTS) is 2. The lowest BCUT2D eigenvalue weighted by molar-refractivity contribution is -0.890. The van der Waals surface area contributed by atoms with Crippen LogP contribution in [-0.4, -0.2) is 75.3 Å². The molecule has 0 unspecified atom stereocenters. The van der Waals surface area contributed by atoms with Gasteiger partial charge in [0.15, 0.2) is 0 Å². The van der Waals surface area contributed by atoms with Gasteiger partial charge in [-0.15, -0.1) is 0 Å². The maximum absolute atomic E-state index is 8.93. The molecule has 6 nitrogen and oxygen atoms in total. The first-order valence-electron chi connectivity index (χ1n) is 22.9. The molecule has 0 spiro atoms. The van der Waals surface area contributed by atoms with E-state index in [0.29, 0.717) is 0 Å². The van der Waals surface area contributed by atoms with Crippen molar-refractivity contribution in [2.75, 3.05) is 54.4 Å². The number of nitrogens with zero attached hydrogens (tertiary/aromatic N) is 2. The van der Waals surface area contributed by atoms with Crippen LogP contribution in [0.2, 0.25) is 0 Å². The van der Waals surface area contributed by atoms with Gasteiger partial charge in [0.25, 0.3) is 0 Å². The smallest absolute Gasteiger partial charge is 0.0870 e. The Morgan fingerprint density at radius 3 is 0.558 bits per heavy atom. The molecule has 0 rings (SSSR count). The fourth-order valence-corrected chi connectivity index (χ4v) is 6.92. The van der Waals surface area contributed by atoms with Gasteiger partial charge in [-0.05, 0) is 51.4 Å². The van der Waals surface area contributed by atoms with Gasteiger partial charge in [-0.25, -0.2) is 0 Å². The highest BCUT2D eigenvalue weighted by Gasteiger charge is 2.14. The van der Waals surface area contributed by atoms with E-state index < -0.39 is 11.9 Å². The summed E-state index contributed by atoms with van der Waals surface area (Å²) in [5, 5.41) is 17.9. The molecule has 0 aromatic rings. The average molecular weight is 741 g/mol. The fraction of sp³-hybridized carbons (Fsp3) is 0.957. The highest BCUT2D eigenvalue weighted by molar-refractivity contribution is 6.25. The number of carboxylic acids is 2. The minimum atomic E-state index is -2.19. The summed E-state index contributed by atoms with van der Waals surface area (Å²) in [5.74, 6) is -4.37. The van der Waals surface area contributed by atoms with Crippen molar-refractivity contribution in [3.8, 4) is 0 Å². The van der Waals surface area contributed by atoms with E-state index in [0.717, 1.165) is 0 Å². The molecule has 0 bridgehead atoms. The Hall–Kier alpha value is -1.14. The Morgan fingerprint density at radius 2 is 0.423 bits per heavy atom. The maximum Gasteiger partial charge on any atom is 0.0870 e. The number of hydrogen-bond acceptors (Lipinski definition) is 4. The van der Waals surface area contributed by atoms with Crippen molar-refractivity contribution in [1.82, 2.24) is 0 Å². The number of unbranched alkanes of at least 4 members (excludes halogenated alkanes) is 28. The molecule has 0 aromatic heterocycles. The van der Waals surface area contributed by atoms with Crippen LogP contribution in [0, 0.1) is 0 Å². The van der Waals surface area contributed by atoms with Crippen LogP contribution >= 0.6 is 0 Å². The monoisotopic (exact) mass is 741 g/mol. The third kappa shape index (κ3) is 51.0. The molecule has 0 atom stereocenters. The Labute approximate surface area is 327 Å². The fourth-order valence-electron chi connectivity index (χ4n) is 6.92. The number of rotatable bonds is 36. The predicted molar refractivity (Wildman–Crippen MR) is 224 cm³/mol. The molecule has 0 fully saturated rings. The molecule has 0 heterocycles. The zero-order chi connectivity index (χ0) is 39.6. The van der Waals surface area contributed by atoms with Gasteiger partial charge in [0, 0.05) is 0 Å². The molecule has 6 heteroatoms. The van der Waals surface area contributed by atoms with E-state index in [-0.39, 0.29) is 0 Å². The molecule has 0 radical (unpaired) electrons. The van der Waals surface area contributed by atoms with E-state index in [1.165, 1.54) is 241 Å². The molecule has 0 aliphatic heterocycles. The summed E-state index contributed by atoms with van der Waals surface area (Å²) in [6.07, 6.45) is 46.1. The van der Waals surface area contributed by atoms with Crippen molar-refractivity contribution in [1.29, 1.82) is 0 Å². The molecule has 0 N–H and O–H groups in total. The summed E-state index contributed by atoms with van der Waals surface area (Å²) >= 11 is 0. The molecular formula is C46H96N2O4. The molecule has 0 saturated carbocycles. The number of aliphatic carboxylic acids is 2. The van der Waals surface area contributed by atoms with Crippen molar-refractivity contribution in [2.45, 2.75) is 233 Å². The second-order valence-corrected chi connectivity index (χ2v) is 17.2. The van der Waals surface area contributed by atoms with Gasteiger partial charge >= 0.3 is 0 Å². The van der Waals surface area contributed by atoms with Gasteiger partial charge in [-0.1, -0.05) is 182 Å². The Balaban J connectivity index is -0.000000797. The number of hydrogen-bond donors (Lipinski definition) is 0. The van der Waals surface area contributed by atoms with E-state index in [4.69, 9.17) is 19.8 Å². The Morgan fingerprint density at radius 1 is 0.288 bits per heavy atom. The van der Waals surface area contributed by atoms with Crippen LogP contribution in [0.5, 0.6) is 0 Å². The first-order valence-corrected chi connectivity index (χ1v) is 22.9. The van der Waals surface area contributed by atoms with Crippen LogP contribution in [0.1, 0.15) is 233 Å². The minimum Gasteiger partial charge on any atom is -0.543 e. The molecule has 52 heavy (non-hydrogen) atoms. The standard InChI is InChI=1S/2C22H48N.C2H2O4/c2*1-5-7-9-11-13-15-17-19-21-23(3,4)22-20-18-16-14-12-10-8-6-2;3-1(4)2(5)6/h2*5-22H2,1-4H3;(H,3,4)(H,5,6)/q2*+1;/p-2. The highest BCUT2D eigenvalue weighted by atomic mass is 16.4. The number of carbonyl (C=O) groups is 2. The van der Waals surface area contributed by atoms with Crippen LogP contribution < -0.4 is 10.2 Å². The molecule has 0 aromatic carbocycles. The third-order valence-electron chi connectivity index (χ3n) is 10.6. The molecule has 0 saturated heterocycles. The second-order valence-electron chi connectivity index (χ2n) is 17.2. The maximum atomic E-state index is 8.93. The summed E-state index contributed by atoms with van der Waals surface area (Å²) in [7, 11) is 9.73. The van der Waals surface area contributed by atoms with Crippen LogP contribution in [0.3, 0.4) is 0 Å². The van der Waals surface area contributed by atoms with E-state index in [1.807, 2.05) is 0 Å². The van der Waals surface area contributed by atoms with Gasteiger partial charge in [-0.3, -0.25) is 0 Å². The van der Waals surface area contributed by atoms with E-state index in [2.05, 4.69) is 55.9 Å². The summed E-state index contributed by atoms with van der Waals surface area (Å²) in [4.78, 5) is 17.9. The first-order chi connectivity index (χ1) is 24.9. The lowest BCUT2D eigenvalue weighted by Crippen LogP contribution is -2.42. The highest BCUT2D eigenvalue weighted by Crippen LogP contribution is 2.15. The van der Waals surface area contributed by atoms with Crippen molar-refractivity contribution >= 4 is 11.9 Å². The van der Waals surface area contributed by atoms with Crippen LogP contribution in [0.4, 0.5) is 0 Å². The average Bonchev–Trinajstić information content (AvgIpc) is 3.10. The zero-order valence-electron chi connectivity index (χ0n) is 37.0. The predicted octanol–water partition coefficient (Wildman–Crippen LogP) is 11.2. The third-order valence-corrected chi connectivity index (χ3v) is 10.6. The van der Waals surface area contributed by atoms with Gasteiger partial charge in [0.2, 0.25) is 0 Å². The number of carbonyl (C=O) groups excluding carboxylic acids is 2. The van der Waals surface area contributed by atoms with Gasteiger partial charge in [0.1, 0.15) is 0 Å². The summed E-state index contributed by atoms with van der Waals surface area (Å²) in [5.41, 5.74) is 0. The lowest BCUT2D eigenvalue weighted by atomic mass is 10.1. The van der Waals surface area contributed by atoms with Gasteiger partial charge in [-0.2, -0.15) is 0 Å². The van der Waals surface area contributed by atoms with Crippen LogP contribution in [-0.2, 0) is 9.59 Å². The summed E-state index contributed by atoms with van der Waals surface area (Å²) in [6.45, 7) is 14.7. The summed E-state index contributed by atoms with van der Waals surface area (Å²) < 4.78 is 2.48. The van der Waals surface area contributed by atoms with Crippen molar-refractivity contribution in [3.05, 3.63) is 0 Å². The molecular weight excluding hydrogens is 645 g/mol. The van der Waals surface area contributed by atoms with Crippen LogP contribution in [0.25, 0.3) is 0 Å². The number of quaternary nitrogens is 2. The molecule has 0 aliphatic rings. The summed E-state index contributed by atoms with van der Waals surface area (Å²) in [6, 6.07) is 0. The normalized spacial score (nSPS) is 11.5. The van der Waals surface area contributed by atoms with E-state index >= 15 is 0 Å². The topological polar surface area (TPSA) is 80.3 Å². The van der Waals surface area contributed by atoms with E-state index in [1.54, 1.807) is 0 Å². The van der Waals surface area contributed by atoms with Crippen molar-refractivity contribution < 1.29 is 28.8 Å². The molecule has 314 valence electrons. The SMILES string of the molecule is CCCCCCCCCC[N+](C)(C)CCCCCCCCCC.CCCCCCCCCC[N+](C)(C)CCCCCCCCCC.O=C([O-])C(=O)[O-]. The van der Waals surface area contributed by atoms with E-state index in [9.17, 15) is 0 Å².